The number of nitrogens with one attached hydrogen (secondary N) is 1. The van der Waals surface area contributed by atoms with E-state index in [0.29, 0.717) is 30.5 Å². The highest BCUT2D eigenvalue weighted by Gasteiger charge is 2.33. The molecule has 3 unspecified atom stereocenters. The molecule has 4 heteroatoms. The Labute approximate surface area is 129 Å². The van der Waals surface area contributed by atoms with Crippen molar-refractivity contribution in [3.8, 4) is 0 Å². The van der Waals surface area contributed by atoms with E-state index < -0.39 is 0 Å². The Hall–Kier alpha value is -0.610. The monoisotopic (exact) mass is 293 g/mol. The van der Waals surface area contributed by atoms with Gasteiger partial charge in [0, 0.05) is 25.2 Å². The van der Waals surface area contributed by atoms with Crippen molar-refractivity contribution in [2.24, 2.45) is 5.92 Å². The van der Waals surface area contributed by atoms with Gasteiger partial charge in [0.05, 0.1) is 6.54 Å². The molecule has 3 atom stereocenters. The molecule has 4 nitrogen and oxygen atoms in total. The number of amides is 1. The highest BCUT2D eigenvalue weighted by Crippen LogP contribution is 2.24. The Balaban J connectivity index is 1.57. The quantitative estimate of drug-likeness (QED) is 0.862. The Kier molecular flexibility index (Phi) is 5.17. The van der Waals surface area contributed by atoms with Crippen molar-refractivity contribution in [1.82, 2.24) is 15.1 Å². The minimum atomic E-state index is 0.367. The van der Waals surface area contributed by atoms with E-state index in [0.717, 1.165) is 26.2 Å². The summed E-state index contributed by atoms with van der Waals surface area (Å²) in [5.74, 6) is 1.04. The molecular formula is C17H31N3O. The third kappa shape index (κ3) is 3.78. The van der Waals surface area contributed by atoms with E-state index in [9.17, 15) is 4.79 Å². The van der Waals surface area contributed by atoms with Gasteiger partial charge in [0.15, 0.2) is 0 Å². The van der Waals surface area contributed by atoms with Gasteiger partial charge in [-0.05, 0) is 57.5 Å². The van der Waals surface area contributed by atoms with Gasteiger partial charge in [-0.3, -0.25) is 9.69 Å². The van der Waals surface area contributed by atoms with Gasteiger partial charge in [-0.2, -0.15) is 0 Å². The minimum absolute atomic E-state index is 0.367. The third-order valence-corrected chi connectivity index (χ3v) is 5.58. The molecule has 120 valence electrons. The maximum absolute atomic E-state index is 12.6. The summed E-state index contributed by atoms with van der Waals surface area (Å²) in [5.41, 5.74) is 0. The average molecular weight is 293 g/mol. The fourth-order valence-electron chi connectivity index (χ4n) is 4.40. The molecule has 3 heterocycles. The number of hydrogen-bond donors (Lipinski definition) is 1. The van der Waals surface area contributed by atoms with Crippen LogP contribution < -0.4 is 5.32 Å². The molecule has 3 aliphatic heterocycles. The first kappa shape index (κ1) is 15.3. The summed E-state index contributed by atoms with van der Waals surface area (Å²) in [5, 5.41) is 3.65. The van der Waals surface area contributed by atoms with Crippen LogP contribution >= 0.6 is 0 Å². The van der Waals surface area contributed by atoms with Gasteiger partial charge in [0.1, 0.15) is 0 Å². The van der Waals surface area contributed by atoms with Crippen molar-refractivity contribution >= 4 is 5.91 Å². The first-order chi connectivity index (χ1) is 10.2. The van der Waals surface area contributed by atoms with E-state index in [1.165, 1.54) is 44.9 Å². The van der Waals surface area contributed by atoms with Crippen LogP contribution in [-0.4, -0.2) is 60.5 Å². The van der Waals surface area contributed by atoms with Crippen LogP contribution in [0.2, 0.25) is 0 Å². The van der Waals surface area contributed by atoms with Gasteiger partial charge in [-0.25, -0.2) is 0 Å². The summed E-state index contributed by atoms with van der Waals surface area (Å²) in [7, 11) is 0. The summed E-state index contributed by atoms with van der Waals surface area (Å²) in [6.07, 6.45) is 8.90. The first-order valence-corrected chi connectivity index (χ1v) is 8.99. The molecule has 0 spiro atoms. The average Bonchev–Trinajstić information content (AvgIpc) is 3.02. The SMILES string of the molecule is CC1CCCN(C(=O)CN2CCCCC2C2CCCN2)C1. The Morgan fingerprint density at radius 2 is 2.00 bits per heavy atom. The lowest BCUT2D eigenvalue weighted by Gasteiger charge is -2.40. The van der Waals surface area contributed by atoms with Crippen LogP contribution in [0.3, 0.4) is 0 Å². The van der Waals surface area contributed by atoms with Crippen LogP contribution in [0.25, 0.3) is 0 Å². The third-order valence-electron chi connectivity index (χ3n) is 5.58. The molecule has 1 N–H and O–H groups in total. The lowest BCUT2D eigenvalue weighted by molar-refractivity contribution is -0.135. The molecule has 1 amide bonds. The summed E-state index contributed by atoms with van der Waals surface area (Å²) in [6.45, 7) is 7.13. The largest absolute Gasteiger partial charge is 0.341 e. The molecule has 3 aliphatic rings. The van der Waals surface area contributed by atoms with Crippen LogP contribution in [0.1, 0.15) is 51.9 Å². The molecule has 0 bridgehead atoms. The molecule has 0 aliphatic carbocycles. The normalized spacial score (nSPS) is 35.1. The van der Waals surface area contributed by atoms with Gasteiger partial charge in [0.25, 0.3) is 0 Å². The van der Waals surface area contributed by atoms with Crippen LogP contribution in [0.15, 0.2) is 0 Å². The van der Waals surface area contributed by atoms with Crippen molar-refractivity contribution in [2.45, 2.75) is 64.0 Å². The first-order valence-electron chi connectivity index (χ1n) is 8.99. The number of carbonyl (C=O) groups excluding carboxylic acids is 1. The van der Waals surface area contributed by atoms with Crippen molar-refractivity contribution in [3.05, 3.63) is 0 Å². The van der Waals surface area contributed by atoms with E-state index >= 15 is 0 Å². The van der Waals surface area contributed by atoms with Crippen LogP contribution in [0, 0.1) is 5.92 Å². The Morgan fingerprint density at radius 3 is 2.76 bits per heavy atom. The summed E-state index contributed by atoms with van der Waals surface area (Å²) >= 11 is 0. The van der Waals surface area contributed by atoms with Gasteiger partial charge in [-0.1, -0.05) is 13.3 Å². The highest BCUT2D eigenvalue weighted by molar-refractivity contribution is 5.78. The second-order valence-corrected chi connectivity index (χ2v) is 7.32. The van der Waals surface area contributed by atoms with Crippen LogP contribution in [0.4, 0.5) is 0 Å². The van der Waals surface area contributed by atoms with Crippen LogP contribution in [-0.2, 0) is 4.79 Å². The van der Waals surface area contributed by atoms with Crippen molar-refractivity contribution < 1.29 is 4.79 Å². The zero-order valence-electron chi connectivity index (χ0n) is 13.5. The van der Waals surface area contributed by atoms with E-state index in [1.54, 1.807) is 0 Å². The van der Waals surface area contributed by atoms with Crippen molar-refractivity contribution in [2.75, 3.05) is 32.7 Å². The standard InChI is InChI=1S/C17H31N3O/c1-14-6-5-11-20(12-14)17(21)13-19-10-3-2-8-16(19)15-7-4-9-18-15/h14-16,18H,2-13H2,1H3. The molecule has 0 saturated carbocycles. The zero-order valence-corrected chi connectivity index (χ0v) is 13.5. The van der Waals surface area contributed by atoms with Gasteiger partial charge in [-0.15, -0.1) is 0 Å². The fourth-order valence-corrected chi connectivity index (χ4v) is 4.40. The maximum atomic E-state index is 12.6. The maximum Gasteiger partial charge on any atom is 0.236 e. The fraction of sp³-hybridized carbons (Fsp3) is 0.941. The lowest BCUT2D eigenvalue weighted by atomic mass is 9.94. The molecule has 0 aromatic heterocycles. The molecule has 21 heavy (non-hydrogen) atoms. The van der Waals surface area contributed by atoms with Crippen molar-refractivity contribution in [3.63, 3.8) is 0 Å². The second-order valence-electron chi connectivity index (χ2n) is 7.32. The second kappa shape index (κ2) is 7.10. The summed E-state index contributed by atoms with van der Waals surface area (Å²) < 4.78 is 0. The Bertz CT molecular complexity index is 354. The molecule has 3 rings (SSSR count). The number of nitrogens with zero attached hydrogens (tertiary/aromatic N) is 2. The van der Waals surface area contributed by atoms with Crippen molar-refractivity contribution in [1.29, 1.82) is 0 Å². The number of carbonyl (C=O) groups is 1. The molecule has 0 aromatic carbocycles. The summed E-state index contributed by atoms with van der Waals surface area (Å²) in [6, 6.07) is 1.21. The number of piperidine rings is 2. The Morgan fingerprint density at radius 1 is 1.10 bits per heavy atom. The number of hydrogen-bond acceptors (Lipinski definition) is 3. The highest BCUT2D eigenvalue weighted by atomic mass is 16.2. The van der Waals surface area contributed by atoms with Gasteiger partial charge < -0.3 is 10.2 Å². The van der Waals surface area contributed by atoms with Gasteiger partial charge in [0.2, 0.25) is 5.91 Å². The van der Waals surface area contributed by atoms with E-state index in [2.05, 4.69) is 22.0 Å². The smallest absolute Gasteiger partial charge is 0.236 e. The van der Waals surface area contributed by atoms with Gasteiger partial charge >= 0.3 is 0 Å². The lowest BCUT2D eigenvalue weighted by Crippen LogP contribution is -2.54. The van der Waals surface area contributed by atoms with E-state index in [1.807, 2.05) is 0 Å². The topological polar surface area (TPSA) is 35.6 Å². The number of likely N-dealkylation sites (tertiary alicyclic amines) is 2. The van der Waals surface area contributed by atoms with Crippen LogP contribution in [0.5, 0.6) is 0 Å². The molecule has 3 fully saturated rings. The van der Waals surface area contributed by atoms with E-state index in [-0.39, 0.29) is 0 Å². The zero-order chi connectivity index (χ0) is 14.7. The molecule has 0 radical (unpaired) electrons. The minimum Gasteiger partial charge on any atom is -0.341 e. The predicted molar refractivity (Wildman–Crippen MR) is 85.2 cm³/mol. The molecular weight excluding hydrogens is 262 g/mol. The predicted octanol–water partition coefficient (Wildman–Crippen LogP) is 1.85. The molecule has 0 aromatic rings. The van der Waals surface area contributed by atoms with E-state index in [4.69, 9.17) is 0 Å². The number of rotatable bonds is 3. The molecule has 3 saturated heterocycles. The summed E-state index contributed by atoms with van der Waals surface area (Å²) in [4.78, 5) is 17.2.